The van der Waals surface area contributed by atoms with Gasteiger partial charge >= 0.3 is 0 Å². The summed E-state index contributed by atoms with van der Waals surface area (Å²) in [5.74, 6) is 0. The lowest BCUT2D eigenvalue weighted by atomic mass is 10.0. The van der Waals surface area contributed by atoms with E-state index in [2.05, 4.69) is 21.2 Å². The van der Waals surface area contributed by atoms with Crippen molar-refractivity contribution in [3.05, 3.63) is 28.2 Å². The molecule has 2 aromatic heterocycles. The Bertz CT molecular complexity index is 527. The van der Waals surface area contributed by atoms with Crippen molar-refractivity contribution < 1.29 is 5.11 Å². The van der Waals surface area contributed by atoms with Crippen molar-refractivity contribution in [2.75, 3.05) is 0 Å². The summed E-state index contributed by atoms with van der Waals surface area (Å²) >= 11 is 1.62. The number of fused-ring (bicyclic) bond motifs is 1. The summed E-state index contributed by atoms with van der Waals surface area (Å²) < 4.78 is 2.12. The van der Waals surface area contributed by atoms with Crippen LogP contribution in [-0.4, -0.2) is 14.9 Å². The summed E-state index contributed by atoms with van der Waals surface area (Å²) in [6.45, 7) is 2.85. The fourth-order valence-electron chi connectivity index (χ4n) is 2.38. The number of aliphatic hydroxyl groups is 1. The second kappa shape index (κ2) is 4.27. The monoisotopic (exact) mass is 248 g/mol. The summed E-state index contributed by atoms with van der Waals surface area (Å²) in [6, 6.07) is 2.09. The van der Waals surface area contributed by atoms with Gasteiger partial charge in [0.25, 0.3) is 0 Å². The van der Waals surface area contributed by atoms with E-state index in [1.165, 1.54) is 29.7 Å². The first-order chi connectivity index (χ1) is 8.25. The maximum absolute atomic E-state index is 9.56. The largest absolute Gasteiger partial charge is 0.388 e. The zero-order valence-corrected chi connectivity index (χ0v) is 10.7. The lowest BCUT2D eigenvalue weighted by Gasteiger charge is -2.14. The predicted octanol–water partition coefficient (Wildman–Crippen LogP) is 3.00. The number of thiophene rings is 1. The fraction of sp³-hybridized carbons (Fsp3) is 0.462. The number of aliphatic hydroxyl groups excluding tert-OH is 1. The number of aryl methyl sites for hydroxylation is 1. The van der Waals surface area contributed by atoms with Crippen LogP contribution in [0.5, 0.6) is 0 Å². The highest BCUT2D eigenvalue weighted by atomic mass is 32.1. The Morgan fingerprint density at radius 3 is 3.12 bits per heavy atom. The van der Waals surface area contributed by atoms with Crippen LogP contribution in [0.1, 0.15) is 36.4 Å². The summed E-state index contributed by atoms with van der Waals surface area (Å²) in [7, 11) is 0. The van der Waals surface area contributed by atoms with E-state index in [1.54, 1.807) is 11.3 Å². The van der Waals surface area contributed by atoms with Crippen molar-refractivity contribution in [1.29, 1.82) is 0 Å². The molecule has 3 nitrogen and oxygen atoms in total. The molecule has 90 valence electrons. The van der Waals surface area contributed by atoms with Gasteiger partial charge in [0.2, 0.25) is 0 Å². The molecule has 0 saturated carbocycles. The average Bonchev–Trinajstić information content (AvgIpc) is 2.95. The molecule has 0 fully saturated rings. The van der Waals surface area contributed by atoms with Gasteiger partial charge < -0.3 is 5.11 Å². The van der Waals surface area contributed by atoms with E-state index < -0.39 is 0 Å². The molecule has 1 atom stereocenters. The zero-order valence-electron chi connectivity index (χ0n) is 9.89. The summed E-state index contributed by atoms with van der Waals surface area (Å²) in [4.78, 5) is 1.02. The van der Waals surface area contributed by atoms with Gasteiger partial charge in [0.05, 0.1) is 12.3 Å². The molecule has 0 bridgehead atoms. The van der Waals surface area contributed by atoms with Crippen molar-refractivity contribution in [2.45, 2.75) is 38.8 Å². The Balaban J connectivity index is 2.00. The van der Waals surface area contributed by atoms with Gasteiger partial charge in [0, 0.05) is 22.7 Å². The van der Waals surface area contributed by atoms with Gasteiger partial charge in [0.15, 0.2) is 0 Å². The Hall–Kier alpha value is -1.13. The van der Waals surface area contributed by atoms with E-state index in [0.29, 0.717) is 0 Å². The van der Waals surface area contributed by atoms with Gasteiger partial charge in [-0.05, 0) is 43.2 Å². The van der Waals surface area contributed by atoms with E-state index >= 15 is 0 Å². The van der Waals surface area contributed by atoms with Gasteiger partial charge in [-0.15, -0.1) is 11.3 Å². The van der Waals surface area contributed by atoms with E-state index in [4.69, 9.17) is 0 Å². The van der Waals surface area contributed by atoms with Crippen LogP contribution in [0.25, 0.3) is 11.1 Å². The van der Waals surface area contributed by atoms with Crippen LogP contribution in [0.2, 0.25) is 0 Å². The van der Waals surface area contributed by atoms with Crippen LogP contribution in [0.3, 0.4) is 0 Å². The van der Waals surface area contributed by atoms with Crippen molar-refractivity contribution in [2.24, 2.45) is 0 Å². The molecule has 0 aromatic carbocycles. The molecular formula is C13H16N2OS. The standard InChI is InChI=1S/C13H16N2OS/c1-9(16)13-6-10(8-17-13)11-7-14-15-5-3-2-4-12(11)15/h6-9,16H,2-5H2,1H3. The fourth-order valence-corrected chi connectivity index (χ4v) is 3.23. The first-order valence-corrected chi connectivity index (χ1v) is 6.95. The molecule has 2 aromatic rings. The minimum absolute atomic E-state index is 0.375. The van der Waals surface area contributed by atoms with E-state index in [-0.39, 0.29) is 6.10 Å². The molecule has 17 heavy (non-hydrogen) atoms. The van der Waals surface area contributed by atoms with Crippen LogP contribution in [0, 0.1) is 0 Å². The third-order valence-electron chi connectivity index (χ3n) is 3.32. The molecule has 1 unspecified atom stereocenters. The van der Waals surface area contributed by atoms with Crippen molar-refractivity contribution in [3.63, 3.8) is 0 Å². The molecule has 1 aliphatic heterocycles. The molecule has 3 heterocycles. The highest BCUT2D eigenvalue weighted by Gasteiger charge is 2.17. The first-order valence-electron chi connectivity index (χ1n) is 6.07. The minimum Gasteiger partial charge on any atom is -0.388 e. The number of aromatic nitrogens is 2. The Morgan fingerprint density at radius 2 is 2.35 bits per heavy atom. The average molecular weight is 248 g/mol. The van der Waals surface area contributed by atoms with Gasteiger partial charge in [-0.25, -0.2) is 0 Å². The molecule has 0 amide bonds. The Morgan fingerprint density at radius 1 is 1.47 bits per heavy atom. The maximum Gasteiger partial charge on any atom is 0.0854 e. The highest BCUT2D eigenvalue weighted by Crippen LogP contribution is 2.32. The summed E-state index contributed by atoms with van der Waals surface area (Å²) in [5, 5.41) is 16.1. The van der Waals surface area contributed by atoms with Crippen LogP contribution in [0.15, 0.2) is 17.6 Å². The normalized spacial score (nSPS) is 16.8. The molecule has 0 aliphatic carbocycles. The molecule has 0 spiro atoms. The lowest BCUT2D eigenvalue weighted by Crippen LogP contribution is -2.11. The minimum atomic E-state index is -0.375. The summed E-state index contributed by atoms with van der Waals surface area (Å²) in [6.07, 6.45) is 5.20. The van der Waals surface area contributed by atoms with E-state index in [0.717, 1.165) is 17.8 Å². The van der Waals surface area contributed by atoms with Gasteiger partial charge in [-0.2, -0.15) is 5.10 Å². The van der Waals surface area contributed by atoms with Gasteiger partial charge in [0.1, 0.15) is 0 Å². The number of nitrogens with zero attached hydrogens (tertiary/aromatic N) is 2. The first kappa shape index (κ1) is 11.0. The molecule has 4 heteroatoms. The molecule has 1 N–H and O–H groups in total. The SMILES string of the molecule is CC(O)c1cc(-c2cnn3c2CCCC3)cs1. The number of hydrogen-bond acceptors (Lipinski definition) is 3. The van der Waals surface area contributed by atoms with Gasteiger partial charge in [-0.3, -0.25) is 4.68 Å². The third-order valence-corrected chi connectivity index (χ3v) is 4.43. The van der Waals surface area contributed by atoms with E-state index in [9.17, 15) is 5.11 Å². The summed E-state index contributed by atoms with van der Waals surface area (Å²) in [5.41, 5.74) is 3.80. The van der Waals surface area contributed by atoms with Crippen LogP contribution < -0.4 is 0 Å². The van der Waals surface area contributed by atoms with Crippen LogP contribution >= 0.6 is 11.3 Å². The second-order valence-electron chi connectivity index (χ2n) is 4.60. The van der Waals surface area contributed by atoms with Crippen LogP contribution in [0.4, 0.5) is 0 Å². The van der Waals surface area contributed by atoms with Gasteiger partial charge in [-0.1, -0.05) is 0 Å². The van der Waals surface area contributed by atoms with Crippen molar-refractivity contribution in [3.8, 4) is 11.1 Å². The predicted molar refractivity (Wildman–Crippen MR) is 69.1 cm³/mol. The Labute approximate surface area is 105 Å². The highest BCUT2D eigenvalue weighted by molar-refractivity contribution is 7.10. The quantitative estimate of drug-likeness (QED) is 0.887. The van der Waals surface area contributed by atoms with Crippen LogP contribution in [-0.2, 0) is 13.0 Å². The van der Waals surface area contributed by atoms with Crippen molar-refractivity contribution >= 4 is 11.3 Å². The smallest absolute Gasteiger partial charge is 0.0854 e. The molecule has 1 aliphatic rings. The lowest BCUT2D eigenvalue weighted by molar-refractivity contribution is 0.203. The van der Waals surface area contributed by atoms with E-state index in [1.807, 2.05) is 13.1 Å². The molecule has 3 rings (SSSR count). The Kier molecular flexibility index (Phi) is 2.76. The maximum atomic E-state index is 9.56. The topological polar surface area (TPSA) is 38.1 Å². The van der Waals surface area contributed by atoms with Crippen molar-refractivity contribution in [1.82, 2.24) is 9.78 Å². The second-order valence-corrected chi connectivity index (χ2v) is 5.54. The number of hydrogen-bond donors (Lipinski definition) is 1. The molecule has 0 saturated heterocycles. The molecular weight excluding hydrogens is 232 g/mol. The number of rotatable bonds is 2. The molecule has 0 radical (unpaired) electrons. The zero-order chi connectivity index (χ0) is 11.8. The third kappa shape index (κ3) is 1.91.